The Bertz CT molecular complexity index is 979. The molecule has 5 N–H and O–H groups in total. The van der Waals surface area contributed by atoms with Gasteiger partial charge in [-0.1, -0.05) is 12.8 Å². The first kappa shape index (κ1) is 26.6. The van der Waals surface area contributed by atoms with Crippen LogP contribution in [0.4, 0.5) is 4.79 Å². The van der Waals surface area contributed by atoms with E-state index in [9.17, 15) is 32.9 Å². The maximum absolute atomic E-state index is 13.0. The number of nitrogens with zero attached hydrogens (tertiary/aromatic N) is 2. The van der Waals surface area contributed by atoms with Crippen molar-refractivity contribution in [3.63, 3.8) is 0 Å². The molecule has 3 rings (SSSR count). The van der Waals surface area contributed by atoms with Crippen molar-refractivity contribution in [3.05, 3.63) is 0 Å². The lowest BCUT2D eigenvalue weighted by atomic mass is 9.92. The normalized spacial score (nSPS) is 24.4. The van der Waals surface area contributed by atoms with Crippen molar-refractivity contribution in [3.8, 4) is 6.07 Å². The third kappa shape index (κ3) is 7.26. The van der Waals surface area contributed by atoms with E-state index in [1.54, 1.807) is 4.72 Å². The average molecular weight is 514 g/mol. The van der Waals surface area contributed by atoms with Crippen molar-refractivity contribution in [2.75, 3.05) is 20.2 Å². The SMILES string of the molecule is COC(=O)NS(=O)(=O)N1NCCC1C(=O)N[C@@H](CC1CC1)C(=O)N[C@H](C#N)C[C@@H]1CCCNC1=O. The van der Waals surface area contributed by atoms with Crippen LogP contribution in [-0.4, -0.2) is 75.0 Å². The van der Waals surface area contributed by atoms with Gasteiger partial charge in [0.25, 0.3) is 0 Å². The predicted octanol–water partition coefficient (Wildman–Crippen LogP) is -1.62. The van der Waals surface area contributed by atoms with Gasteiger partial charge in [0.1, 0.15) is 18.1 Å². The minimum absolute atomic E-state index is 0.114. The Morgan fingerprint density at radius 1 is 1.17 bits per heavy atom. The Morgan fingerprint density at radius 2 is 1.91 bits per heavy atom. The smallest absolute Gasteiger partial charge is 0.421 e. The number of amides is 4. The fraction of sp³-hybridized carbons (Fsp3) is 0.750. The summed E-state index contributed by atoms with van der Waals surface area (Å²) in [6.45, 7) is 0.742. The van der Waals surface area contributed by atoms with Crippen molar-refractivity contribution in [1.82, 2.24) is 30.5 Å². The Labute approximate surface area is 203 Å². The third-order valence-corrected chi connectivity index (χ3v) is 7.54. The highest BCUT2D eigenvalue weighted by Crippen LogP contribution is 2.33. The minimum Gasteiger partial charge on any atom is -0.452 e. The van der Waals surface area contributed by atoms with Gasteiger partial charge in [-0.3, -0.25) is 14.4 Å². The molecule has 1 unspecified atom stereocenters. The Morgan fingerprint density at radius 3 is 2.54 bits per heavy atom. The number of hydrazine groups is 1. The van der Waals surface area contributed by atoms with Gasteiger partial charge in [-0.2, -0.15) is 13.7 Å². The molecule has 15 heteroatoms. The number of ether oxygens (including phenoxy) is 1. The van der Waals surface area contributed by atoms with Crippen molar-refractivity contribution in [1.29, 1.82) is 5.26 Å². The Balaban J connectivity index is 1.64. The van der Waals surface area contributed by atoms with E-state index >= 15 is 0 Å². The van der Waals surface area contributed by atoms with Gasteiger partial charge in [0, 0.05) is 19.0 Å². The molecule has 0 spiro atoms. The van der Waals surface area contributed by atoms with Crippen LogP contribution in [-0.2, 0) is 29.3 Å². The molecule has 3 aliphatic rings. The summed E-state index contributed by atoms with van der Waals surface area (Å²) < 4.78 is 31.5. The summed E-state index contributed by atoms with van der Waals surface area (Å²) in [6.07, 6.45) is 2.63. The van der Waals surface area contributed by atoms with Crippen LogP contribution in [0.1, 0.15) is 44.9 Å². The molecule has 14 nitrogen and oxygen atoms in total. The molecular formula is C20H31N7O7S. The standard InChI is InChI=1S/C20H31N7O7S/c1-34-20(31)26-35(32,33)27-16(6-8-23-27)19(30)25-15(9-12-4-5-12)18(29)24-14(11-21)10-13-3-2-7-22-17(13)28/h12-16,23H,2-10H2,1H3,(H,22,28)(H,24,29)(H,25,30)(H,26,31)/t13-,14-,15-,16?/m0/s1. The van der Waals surface area contributed by atoms with Gasteiger partial charge in [0.15, 0.2) is 0 Å². The van der Waals surface area contributed by atoms with E-state index in [0.717, 1.165) is 26.4 Å². The number of rotatable bonds is 10. The second-order valence-electron chi connectivity index (χ2n) is 8.90. The molecule has 194 valence electrons. The summed E-state index contributed by atoms with van der Waals surface area (Å²) in [7, 11) is -3.42. The van der Waals surface area contributed by atoms with Gasteiger partial charge in [-0.25, -0.2) is 14.9 Å². The van der Waals surface area contributed by atoms with Gasteiger partial charge < -0.3 is 20.7 Å². The van der Waals surface area contributed by atoms with E-state index in [2.05, 4.69) is 26.1 Å². The van der Waals surface area contributed by atoms with Crippen LogP contribution in [0, 0.1) is 23.2 Å². The number of nitriles is 1. The van der Waals surface area contributed by atoms with Crippen LogP contribution in [0.3, 0.4) is 0 Å². The molecule has 2 heterocycles. The number of carbonyl (C=O) groups is 4. The zero-order valence-electron chi connectivity index (χ0n) is 19.4. The quantitative estimate of drug-likeness (QED) is 0.228. The van der Waals surface area contributed by atoms with Gasteiger partial charge in [0.05, 0.1) is 13.2 Å². The first-order valence-corrected chi connectivity index (χ1v) is 13.0. The van der Waals surface area contributed by atoms with E-state index in [0.29, 0.717) is 23.8 Å². The van der Waals surface area contributed by atoms with Crippen molar-refractivity contribution < 1.29 is 32.3 Å². The molecule has 0 aromatic carbocycles. The van der Waals surface area contributed by atoms with Gasteiger partial charge in [-0.05, 0) is 38.0 Å². The highest BCUT2D eigenvalue weighted by atomic mass is 32.2. The summed E-state index contributed by atoms with van der Waals surface area (Å²) in [5, 5.41) is 17.5. The average Bonchev–Trinajstić information content (AvgIpc) is 3.49. The Hall–Kier alpha value is -2.96. The highest BCUT2D eigenvalue weighted by Gasteiger charge is 2.42. The van der Waals surface area contributed by atoms with Gasteiger partial charge >= 0.3 is 16.3 Å². The van der Waals surface area contributed by atoms with E-state index in [1.807, 2.05) is 6.07 Å². The number of carbonyl (C=O) groups excluding carboxylic acids is 4. The maximum atomic E-state index is 13.0. The van der Waals surface area contributed by atoms with Crippen LogP contribution in [0.15, 0.2) is 0 Å². The van der Waals surface area contributed by atoms with Gasteiger partial charge in [-0.15, -0.1) is 4.41 Å². The number of hydrogen-bond acceptors (Lipinski definition) is 9. The second kappa shape index (κ2) is 11.6. The van der Waals surface area contributed by atoms with Crippen molar-refractivity contribution in [2.24, 2.45) is 11.8 Å². The largest absolute Gasteiger partial charge is 0.452 e. The lowest BCUT2D eigenvalue weighted by molar-refractivity contribution is -0.131. The number of piperidine rings is 1. The molecule has 1 saturated carbocycles. The zero-order valence-corrected chi connectivity index (χ0v) is 20.2. The molecule has 35 heavy (non-hydrogen) atoms. The van der Waals surface area contributed by atoms with Crippen LogP contribution in [0.2, 0.25) is 0 Å². The van der Waals surface area contributed by atoms with Crippen LogP contribution < -0.4 is 26.1 Å². The molecule has 4 amide bonds. The van der Waals surface area contributed by atoms with Crippen molar-refractivity contribution in [2.45, 2.75) is 63.1 Å². The van der Waals surface area contributed by atoms with E-state index in [-0.39, 0.29) is 37.1 Å². The molecule has 0 aromatic heterocycles. The molecule has 0 radical (unpaired) electrons. The summed E-state index contributed by atoms with van der Waals surface area (Å²) in [5.74, 6) is -1.58. The first-order valence-electron chi connectivity index (χ1n) is 11.6. The zero-order chi connectivity index (χ0) is 25.6. The molecule has 2 saturated heterocycles. The number of methoxy groups -OCH3 is 1. The first-order chi connectivity index (χ1) is 16.6. The summed E-state index contributed by atoms with van der Waals surface area (Å²) in [4.78, 5) is 49.4. The fourth-order valence-electron chi connectivity index (χ4n) is 4.17. The summed E-state index contributed by atoms with van der Waals surface area (Å²) in [6, 6.07) is -1.09. The number of hydrogen-bond donors (Lipinski definition) is 5. The molecule has 0 aromatic rings. The molecule has 4 atom stereocenters. The molecule has 3 fully saturated rings. The van der Waals surface area contributed by atoms with E-state index < -0.39 is 46.2 Å². The topological polar surface area (TPSA) is 199 Å². The van der Waals surface area contributed by atoms with Crippen molar-refractivity contribution >= 4 is 34.0 Å². The van der Waals surface area contributed by atoms with E-state index in [1.165, 1.54) is 0 Å². The molecule has 0 bridgehead atoms. The lowest BCUT2D eigenvalue weighted by Crippen LogP contribution is -2.57. The summed E-state index contributed by atoms with van der Waals surface area (Å²) >= 11 is 0. The lowest BCUT2D eigenvalue weighted by Gasteiger charge is -2.27. The minimum atomic E-state index is -4.42. The molecule has 1 aliphatic carbocycles. The van der Waals surface area contributed by atoms with Gasteiger partial charge in [0.2, 0.25) is 17.7 Å². The fourth-order valence-corrected chi connectivity index (χ4v) is 5.36. The van der Waals surface area contributed by atoms with E-state index in [4.69, 9.17) is 0 Å². The second-order valence-corrected chi connectivity index (χ2v) is 10.5. The van der Waals surface area contributed by atoms with Crippen LogP contribution in [0.25, 0.3) is 0 Å². The third-order valence-electron chi connectivity index (χ3n) is 6.22. The molecule has 2 aliphatic heterocycles. The van der Waals surface area contributed by atoms with Crippen LogP contribution >= 0.6 is 0 Å². The Kier molecular flexibility index (Phi) is 8.87. The molecular weight excluding hydrogens is 482 g/mol. The monoisotopic (exact) mass is 513 g/mol. The predicted molar refractivity (Wildman–Crippen MR) is 120 cm³/mol. The maximum Gasteiger partial charge on any atom is 0.421 e. The highest BCUT2D eigenvalue weighted by molar-refractivity contribution is 7.87. The van der Waals surface area contributed by atoms with Crippen LogP contribution in [0.5, 0.6) is 0 Å². The summed E-state index contributed by atoms with van der Waals surface area (Å²) in [5.41, 5.74) is 2.54. The number of nitrogens with one attached hydrogen (secondary N) is 5.